The van der Waals surface area contributed by atoms with Crippen LogP contribution in [0.25, 0.3) is 0 Å². The molecule has 1 aliphatic heterocycles. The van der Waals surface area contributed by atoms with Crippen LogP contribution in [-0.4, -0.2) is 30.7 Å². The van der Waals surface area contributed by atoms with Crippen molar-refractivity contribution in [3.05, 3.63) is 24.3 Å². The highest BCUT2D eigenvalue weighted by atomic mass is 32.2. The number of nitrogens with one attached hydrogen (secondary N) is 1. The number of methoxy groups -OCH3 is 1. The second-order valence-corrected chi connectivity index (χ2v) is 5.99. The third kappa shape index (κ3) is 2.76. The van der Waals surface area contributed by atoms with Crippen molar-refractivity contribution in [2.75, 3.05) is 18.6 Å². The van der Waals surface area contributed by atoms with Crippen LogP contribution < -0.4 is 4.90 Å². The predicted octanol–water partition coefficient (Wildman–Crippen LogP) is 2.77. The number of carbonyl (C=O) groups is 1. The summed E-state index contributed by atoms with van der Waals surface area (Å²) in [4.78, 5) is 15.3. The molecular weight excluding hydrogens is 260 g/mol. The van der Waals surface area contributed by atoms with Gasteiger partial charge in [-0.2, -0.15) is 0 Å². The summed E-state index contributed by atoms with van der Waals surface area (Å²) in [6.45, 7) is 4.28. The molecule has 0 aliphatic carbocycles. The molecule has 0 fully saturated rings. The predicted molar refractivity (Wildman–Crippen MR) is 78.0 cm³/mol. The Balaban J connectivity index is 2.38. The van der Waals surface area contributed by atoms with Crippen molar-refractivity contribution in [3.8, 4) is 0 Å². The third-order valence-electron chi connectivity index (χ3n) is 3.07. The van der Waals surface area contributed by atoms with Crippen LogP contribution >= 0.6 is 11.8 Å². The van der Waals surface area contributed by atoms with Gasteiger partial charge < -0.3 is 9.64 Å². The van der Waals surface area contributed by atoms with Crippen molar-refractivity contribution in [2.45, 2.75) is 24.0 Å². The summed E-state index contributed by atoms with van der Waals surface area (Å²) in [6.07, 6.45) is 0. The van der Waals surface area contributed by atoms with Crippen LogP contribution in [0.3, 0.4) is 0 Å². The van der Waals surface area contributed by atoms with E-state index in [4.69, 9.17) is 10.1 Å². The molecule has 1 aliphatic rings. The van der Waals surface area contributed by atoms with Crippen LogP contribution in [0.1, 0.15) is 13.8 Å². The van der Waals surface area contributed by atoms with Crippen LogP contribution in [0.15, 0.2) is 29.2 Å². The molecule has 1 amide bonds. The van der Waals surface area contributed by atoms with E-state index in [0.717, 1.165) is 10.6 Å². The molecule has 0 saturated carbocycles. The van der Waals surface area contributed by atoms with Crippen LogP contribution in [0.4, 0.5) is 5.69 Å². The van der Waals surface area contributed by atoms with E-state index >= 15 is 0 Å². The maximum absolute atomic E-state index is 12.5. The fourth-order valence-electron chi connectivity index (χ4n) is 2.03. The fourth-order valence-corrected chi connectivity index (χ4v) is 3.26. The summed E-state index contributed by atoms with van der Waals surface area (Å²) < 4.78 is 4.89. The number of hydrogen-bond acceptors (Lipinski definition) is 4. The van der Waals surface area contributed by atoms with E-state index in [0.29, 0.717) is 0 Å². The molecule has 1 aromatic carbocycles. The number of anilines is 1. The second-order valence-electron chi connectivity index (χ2n) is 4.80. The molecule has 1 aromatic rings. The SMILES string of the molecule is COC(=N)CN1C(=O)C(C(C)C)Sc2ccccc21. The average Bonchev–Trinajstić information content (AvgIpc) is 2.41. The zero-order valence-electron chi connectivity index (χ0n) is 11.3. The van der Waals surface area contributed by atoms with Gasteiger partial charge in [0.15, 0.2) is 0 Å². The molecule has 0 spiro atoms. The van der Waals surface area contributed by atoms with Crippen LogP contribution in [-0.2, 0) is 9.53 Å². The first-order valence-corrected chi connectivity index (χ1v) is 7.11. The van der Waals surface area contributed by atoms with Gasteiger partial charge in [0.25, 0.3) is 0 Å². The van der Waals surface area contributed by atoms with Gasteiger partial charge in [-0.3, -0.25) is 10.2 Å². The Kier molecular flexibility index (Phi) is 4.14. The topological polar surface area (TPSA) is 53.4 Å². The van der Waals surface area contributed by atoms with Crippen molar-refractivity contribution in [2.24, 2.45) is 5.92 Å². The molecule has 0 bridgehead atoms. The summed E-state index contributed by atoms with van der Waals surface area (Å²) in [7, 11) is 1.46. The highest BCUT2D eigenvalue weighted by Crippen LogP contribution is 2.41. The number of para-hydroxylation sites is 1. The van der Waals surface area contributed by atoms with Gasteiger partial charge >= 0.3 is 0 Å². The number of benzene rings is 1. The summed E-state index contributed by atoms with van der Waals surface area (Å²) >= 11 is 1.61. The molecule has 1 heterocycles. The standard InChI is InChI=1S/C14H18N2O2S/c1-9(2)13-14(17)16(8-12(15)18-3)10-6-4-5-7-11(10)19-13/h4-7,9,13,15H,8H2,1-3H3. The van der Waals surface area contributed by atoms with Gasteiger partial charge in [-0.25, -0.2) is 0 Å². The van der Waals surface area contributed by atoms with Crippen molar-refractivity contribution in [1.82, 2.24) is 0 Å². The van der Waals surface area contributed by atoms with E-state index in [2.05, 4.69) is 0 Å². The summed E-state index contributed by atoms with van der Waals surface area (Å²) in [5.41, 5.74) is 0.871. The number of nitrogens with zero attached hydrogens (tertiary/aromatic N) is 1. The maximum Gasteiger partial charge on any atom is 0.241 e. The Hall–Kier alpha value is -1.49. The highest BCUT2D eigenvalue weighted by molar-refractivity contribution is 8.01. The molecule has 0 saturated heterocycles. The van der Waals surface area contributed by atoms with Crippen LogP contribution in [0.2, 0.25) is 0 Å². The Morgan fingerprint density at radius 1 is 1.47 bits per heavy atom. The summed E-state index contributed by atoms with van der Waals surface area (Å²) in [5.74, 6) is 0.406. The van der Waals surface area contributed by atoms with Crippen molar-refractivity contribution in [3.63, 3.8) is 0 Å². The lowest BCUT2D eigenvalue weighted by atomic mass is 10.1. The maximum atomic E-state index is 12.5. The van der Waals surface area contributed by atoms with Gasteiger partial charge in [-0.05, 0) is 18.1 Å². The van der Waals surface area contributed by atoms with E-state index in [9.17, 15) is 4.79 Å². The molecule has 102 valence electrons. The lowest BCUT2D eigenvalue weighted by Crippen LogP contribution is -2.45. The normalized spacial score (nSPS) is 18.4. The minimum atomic E-state index is -0.0976. The smallest absolute Gasteiger partial charge is 0.241 e. The quantitative estimate of drug-likeness (QED) is 0.683. The monoisotopic (exact) mass is 278 g/mol. The minimum absolute atomic E-state index is 0.0560. The zero-order valence-corrected chi connectivity index (χ0v) is 12.2. The first-order chi connectivity index (χ1) is 9.04. The number of ether oxygens (including phenoxy) is 1. The molecule has 2 rings (SSSR count). The first-order valence-electron chi connectivity index (χ1n) is 6.23. The fraction of sp³-hybridized carbons (Fsp3) is 0.429. The van der Waals surface area contributed by atoms with Crippen molar-refractivity contribution < 1.29 is 9.53 Å². The Morgan fingerprint density at radius 2 is 2.16 bits per heavy atom. The first kappa shape index (κ1) is 13.9. The highest BCUT2D eigenvalue weighted by Gasteiger charge is 2.35. The number of thioether (sulfide) groups is 1. The van der Waals surface area contributed by atoms with Gasteiger partial charge in [0.1, 0.15) is 6.54 Å². The van der Waals surface area contributed by atoms with Gasteiger partial charge in [0, 0.05) is 4.90 Å². The van der Waals surface area contributed by atoms with Gasteiger partial charge in [-0.15, -0.1) is 11.8 Å². The van der Waals surface area contributed by atoms with E-state index < -0.39 is 0 Å². The van der Waals surface area contributed by atoms with Crippen LogP contribution in [0, 0.1) is 11.3 Å². The summed E-state index contributed by atoms with van der Waals surface area (Å²) in [5, 5.41) is 7.56. The number of rotatable bonds is 3. The van der Waals surface area contributed by atoms with Gasteiger partial charge in [0.05, 0.1) is 18.0 Å². The van der Waals surface area contributed by atoms with Crippen LogP contribution in [0.5, 0.6) is 0 Å². The molecule has 1 unspecified atom stereocenters. The largest absolute Gasteiger partial charge is 0.483 e. The molecular formula is C14H18N2O2S. The number of amides is 1. The number of fused-ring (bicyclic) bond motifs is 1. The van der Waals surface area contributed by atoms with Gasteiger partial charge in [0.2, 0.25) is 11.8 Å². The van der Waals surface area contributed by atoms with Crippen molar-refractivity contribution in [1.29, 1.82) is 5.41 Å². The lowest BCUT2D eigenvalue weighted by molar-refractivity contribution is -0.118. The molecule has 1 atom stereocenters. The van der Waals surface area contributed by atoms with Gasteiger partial charge in [-0.1, -0.05) is 26.0 Å². The molecule has 19 heavy (non-hydrogen) atoms. The third-order valence-corrected chi connectivity index (χ3v) is 4.67. The molecule has 0 radical (unpaired) electrons. The summed E-state index contributed by atoms with van der Waals surface area (Å²) in [6, 6.07) is 7.82. The second kappa shape index (κ2) is 5.65. The van der Waals surface area contributed by atoms with E-state index in [1.165, 1.54) is 7.11 Å². The molecule has 4 nitrogen and oxygen atoms in total. The lowest BCUT2D eigenvalue weighted by Gasteiger charge is -2.35. The number of hydrogen-bond donors (Lipinski definition) is 1. The molecule has 0 aromatic heterocycles. The zero-order chi connectivity index (χ0) is 14.0. The van der Waals surface area contributed by atoms with Crippen molar-refractivity contribution >= 4 is 29.3 Å². The Morgan fingerprint density at radius 3 is 2.79 bits per heavy atom. The van der Waals surface area contributed by atoms with E-state index in [-0.39, 0.29) is 29.5 Å². The number of carbonyl (C=O) groups excluding carboxylic acids is 1. The van der Waals surface area contributed by atoms with E-state index in [1.807, 2.05) is 38.1 Å². The Labute approximate surface area is 117 Å². The van der Waals surface area contributed by atoms with E-state index in [1.54, 1.807) is 16.7 Å². The minimum Gasteiger partial charge on any atom is -0.483 e. The molecule has 5 heteroatoms. The molecule has 1 N–H and O–H groups in total. The average molecular weight is 278 g/mol. The Bertz CT molecular complexity index is 502.